The topological polar surface area (TPSA) is 86.4 Å². The maximum absolute atomic E-state index is 12.8. The third-order valence-electron chi connectivity index (χ3n) is 4.67. The predicted molar refractivity (Wildman–Crippen MR) is 109 cm³/mol. The standard InChI is InChI=1S/C22H19N3O4/c1-14-5-3-4-6-15(14)13-25-10-9-20(24-25)23-22(27)18-12-21(26)29-19-11-16(28-2)7-8-17(18)19/h3-12H,13H2,1-2H3,(H,23,24,27). The van der Waals surface area contributed by atoms with E-state index >= 15 is 0 Å². The average Bonchev–Trinajstić information content (AvgIpc) is 3.15. The van der Waals surface area contributed by atoms with Crippen LogP contribution in [-0.4, -0.2) is 22.8 Å². The Bertz CT molecular complexity index is 1260. The van der Waals surface area contributed by atoms with E-state index in [0.717, 1.165) is 5.56 Å². The molecule has 0 radical (unpaired) electrons. The molecule has 0 saturated heterocycles. The molecule has 2 aromatic heterocycles. The highest BCUT2D eigenvalue weighted by Gasteiger charge is 2.15. The van der Waals surface area contributed by atoms with Crippen molar-refractivity contribution in [3.05, 3.63) is 87.9 Å². The van der Waals surface area contributed by atoms with Gasteiger partial charge in [0.25, 0.3) is 5.91 Å². The van der Waals surface area contributed by atoms with Gasteiger partial charge in [0.2, 0.25) is 0 Å². The molecule has 0 spiro atoms. The number of carbonyl (C=O) groups is 1. The second-order valence-electron chi connectivity index (χ2n) is 6.62. The number of ether oxygens (including phenoxy) is 1. The third kappa shape index (κ3) is 3.89. The minimum absolute atomic E-state index is 0.215. The minimum Gasteiger partial charge on any atom is -0.497 e. The Labute approximate surface area is 166 Å². The Balaban J connectivity index is 1.58. The fourth-order valence-corrected chi connectivity index (χ4v) is 3.12. The van der Waals surface area contributed by atoms with Gasteiger partial charge in [-0.1, -0.05) is 24.3 Å². The lowest BCUT2D eigenvalue weighted by Gasteiger charge is -2.07. The van der Waals surface area contributed by atoms with Crippen LogP contribution in [0.4, 0.5) is 5.82 Å². The minimum atomic E-state index is -0.610. The fraction of sp³-hybridized carbons (Fsp3) is 0.136. The Morgan fingerprint density at radius 2 is 2.00 bits per heavy atom. The highest BCUT2D eigenvalue weighted by molar-refractivity contribution is 6.11. The van der Waals surface area contributed by atoms with E-state index in [9.17, 15) is 9.59 Å². The predicted octanol–water partition coefficient (Wildman–Crippen LogP) is 3.61. The van der Waals surface area contributed by atoms with Crippen molar-refractivity contribution in [3.63, 3.8) is 0 Å². The highest BCUT2D eigenvalue weighted by Crippen LogP contribution is 2.23. The number of amides is 1. The van der Waals surface area contributed by atoms with E-state index < -0.39 is 11.5 Å². The van der Waals surface area contributed by atoms with Gasteiger partial charge in [-0.25, -0.2) is 4.79 Å². The first kappa shape index (κ1) is 18.5. The molecule has 0 aliphatic rings. The molecule has 1 N–H and O–H groups in total. The zero-order valence-corrected chi connectivity index (χ0v) is 16.0. The van der Waals surface area contributed by atoms with Crippen LogP contribution in [0.1, 0.15) is 21.5 Å². The zero-order valence-electron chi connectivity index (χ0n) is 16.0. The molecule has 0 unspecified atom stereocenters. The number of aromatic nitrogens is 2. The summed E-state index contributed by atoms with van der Waals surface area (Å²) < 4.78 is 12.1. The first-order valence-corrected chi connectivity index (χ1v) is 9.05. The van der Waals surface area contributed by atoms with Crippen LogP contribution >= 0.6 is 0 Å². The van der Waals surface area contributed by atoms with Crippen LogP contribution in [0, 0.1) is 6.92 Å². The van der Waals surface area contributed by atoms with Crippen LogP contribution in [0.15, 0.2) is 70.0 Å². The van der Waals surface area contributed by atoms with Crippen molar-refractivity contribution in [1.82, 2.24) is 9.78 Å². The summed E-state index contributed by atoms with van der Waals surface area (Å²) in [6.45, 7) is 2.64. The summed E-state index contributed by atoms with van der Waals surface area (Å²) in [5.41, 5.74) is 2.21. The molecule has 0 saturated carbocycles. The molecule has 2 aromatic carbocycles. The molecule has 4 rings (SSSR count). The van der Waals surface area contributed by atoms with Gasteiger partial charge >= 0.3 is 5.63 Å². The van der Waals surface area contributed by atoms with Gasteiger partial charge in [0.15, 0.2) is 5.82 Å². The molecule has 0 aliphatic carbocycles. The Morgan fingerprint density at radius 3 is 2.79 bits per heavy atom. The van der Waals surface area contributed by atoms with E-state index in [0.29, 0.717) is 23.5 Å². The molecule has 4 aromatic rings. The maximum atomic E-state index is 12.8. The molecular formula is C22H19N3O4. The van der Waals surface area contributed by atoms with Gasteiger partial charge in [0.1, 0.15) is 11.3 Å². The van der Waals surface area contributed by atoms with Crippen LogP contribution in [0.2, 0.25) is 0 Å². The lowest BCUT2D eigenvalue weighted by molar-refractivity contribution is 0.102. The normalized spacial score (nSPS) is 10.8. The van der Waals surface area contributed by atoms with Gasteiger partial charge in [-0.2, -0.15) is 5.10 Å². The summed E-state index contributed by atoms with van der Waals surface area (Å²) in [7, 11) is 1.52. The summed E-state index contributed by atoms with van der Waals surface area (Å²) in [6.07, 6.45) is 1.80. The number of hydrogen-bond acceptors (Lipinski definition) is 5. The molecule has 1 amide bonds. The lowest BCUT2D eigenvalue weighted by atomic mass is 10.1. The summed E-state index contributed by atoms with van der Waals surface area (Å²) in [5, 5.41) is 7.67. The van der Waals surface area contributed by atoms with Gasteiger partial charge in [0.05, 0.1) is 19.2 Å². The number of nitrogens with one attached hydrogen (secondary N) is 1. The Morgan fingerprint density at radius 1 is 1.17 bits per heavy atom. The van der Waals surface area contributed by atoms with Crippen molar-refractivity contribution in [3.8, 4) is 5.75 Å². The van der Waals surface area contributed by atoms with Crippen molar-refractivity contribution < 1.29 is 13.9 Å². The molecule has 0 aliphatic heterocycles. The van der Waals surface area contributed by atoms with Gasteiger partial charge < -0.3 is 14.5 Å². The number of aryl methyl sites for hydroxylation is 1. The molecule has 0 bridgehead atoms. The monoisotopic (exact) mass is 389 g/mol. The van der Waals surface area contributed by atoms with Gasteiger partial charge in [-0.15, -0.1) is 0 Å². The van der Waals surface area contributed by atoms with Crippen LogP contribution in [-0.2, 0) is 6.54 Å². The van der Waals surface area contributed by atoms with Crippen LogP contribution in [0.25, 0.3) is 11.0 Å². The number of anilines is 1. The number of fused-ring (bicyclic) bond motifs is 1. The van der Waals surface area contributed by atoms with Gasteiger partial charge in [0, 0.05) is 29.8 Å². The van der Waals surface area contributed by atoms with E-state index in [1.165, 1.54) is 18.7 Å². The average molecular weight is 389 g/mol. The first-order valence-electron chi connectivity index (χ1n) is 9.05. The maximum Gasteiger partial charge on any atom is 0.337 e. The van der Waals surface area contributed by atoms with Crippen molar-refractivity contribution >= 4 is 22.7 Å². The molecule has 0 atom stereocenters. The van der Waals surface area contributed by atoms with Crippen molar-refractivity contribution in [2.24, 2.45) is 0 Å². The molecule has 2 heterocycles. The smallest absolute Gasteiger partial charge is 0.337 e. The fourth-order valence-electron chi connectivity index (χ4n) is 3.12. The van der Waals surface area contributed by atoms with Crippen molar-refractivity contribution in [2.75, 3.05) is 12.4 Å². The summed E-state index contributed by atoms with van der Waals surface area (Å²) >= 11 is 0. The lowest BCUT2D eigenvalue weighted by Crippen LogP contribution is -2.16. The number of hydrogen-bond donors (Lipinski definition) is 1. The number of nitrogens with zero attached hydrogens (tertiary/aromatic N) is 2. The Kier molecular flexibility index (Phi) is 4.87. The second-order valence-corrected chi connectivity index (χ2v) is 6.62. The molecular weight excluding hydrogens is 370 g/mol. The molecule has 146 valence electrons. The van der Waals surface area contributed by atoms with Crippen molar-refractivity contribution in [2.45, 2.75) is 13.5 Å². The van der Waals surface area contributed by atoms with E-state index in [-0.39, 0.29) is 11.1 Å². The van der Waals surface area contributed by atoms with Gasteiger partial charge in [-0.3, -0.25) is 9.48 Å². The van der Waals surface area contributed by atoms with E-state index in [4.69, 9.17) is 9.15 Å². The number of carbonyl (C=O) groups excluding carboxylic acids is 1. The first-order chi connectivity index (χ1) is 14.0. The largest absolute Gasteiger partial charge is 0.497 e. The summed E-state index contributed by atoms with van der Waals surface area (Å²) in [5.74, 6) is 0.501. The summed E-state index contributed by atoms with van der Waals surface area (Å²) in [6, 6.07) is 15.9. The van der Waals surface area contributed by atoms with Gasteiger partial charge in [-0.05, 0) is 30.2 Å². The quantitative estimate of drug-likeness (QED) is 0.527. The van der Waals surface area contributed by atoms with E-state index in [1.807, 2.05) is 31.2 Å². The van der Waals surface area contributed by atoms with Crippen LogP contribution in [0.5, 0.6) is 5.75 Å². The van der Waals surface area contributed by atoms with Crippen LogP contribution in [0.3, 0.4) is 0 Å². The Hall–Kier alpha value is -3.87. The summed E-state index contributed by atoms with van der Waals surface area (Å²) in [4.78, 5) is 24.7. The number of rotatable bonds is 5. The van der Waals surface area contributed by atoms with E-state index in [1.54, 1.807) is 35.1 Å². The van der Waals surface area contributed by atoms with Crippen LogP contribution < -0.4 is 15.7 Å². The zero-order chi connectivity index (χ0) is 20.4. The molecule has 7 nitrogen and oxygen atoms in total. The third-order valence-corrected chi connectivity index (χ3v) is 4.67. The number of methoxy groups -OCH3 is 1. The molecule has 0 fully saturated rings. The second kappa shape index (κ2) is 7.63. The molecule has 29 heavy (non-hydrogen) atoms. The van der Waals surface area contributed by atoms with E-state index in [2.05, 4.69) is 10.4 Å². The number of benzene rings is 2. The molecule has 7 heteroatoms. The van der Waals surface area contributed by atoms with Crippen molar-refractivity contribution in [1.29, 1.82) is 0 Å². The highest BCUT2D eigenvalue weighted by atomic mass is 16.5. The SMILES string of the molecule is COc1ccc2c(C(=O)Nc3ccn(Cc4ccccc4C)n3)cc(=O)oc2c1.